The van der Waals surface area contributed by atoms with E-state index in [-0.39, 0.29) is 5.56 Å². The minimum atomic E-state index is -1.17. The van der Waals surface area contributed by atoms with Gasteiger partial charge in [0, 0.05) is 15.4 Å². The van der Waals surface area contributed by atoms with E-state index in [2.05, 4.69) is 27.8 Å². The van der Waals surface area contributed by atoms with Crippen LogP contribution in [0.4, 0.5) is 8.78 Å². The Bertz CT molecular complexity index is 1070. The van der Waals surface area contributed by atoms with Gasteiger partial charge in [-0.3, -0.25) is 14.8 Å². The lowest BCUT2D eigenvalue weighted by Gasteiger charge is -2.25. The van der Waals surface area contributed by atoms with E-state index in [1.54, 1.807) is 11.4 Å². The van der Waals surface area contributed by atoms with Gasteiger partial charge in [-0.1, -0.05) is 11.8 Å². The summed E-state index contributed by atoms with van der Waals surface area (Å²) in [6, 6.07) is 3.53. The number of hydrogen-bond acceptors (Lipinski definition) is 5. The molecule has 10 heteroatoms. The van der Waals surface area contributed by atoms with Gasteiger partial charge < -0.3 is 10.6 Å². The van der Waals surface area contributed by atoms with Gasteiger partial charge in [0.1, 0.15) is 23.7 Å². The van der Waals surface area contributed by atoms with Gasteiger partial charge in [-0.15, -0.1) is 11.3 Å². The number of benzene rings is 1. The number of thiophene rings is 1. The van der Waals surface area contributed by atoms with Gasteiger partial charge in [-0.05, 0) is 47.0 Å². The van der Waals surface area contributed by atoms with Crippen LogP contribution in [0.1, 0.15) is 39.8 Å². The van der Waals surface area contributed by atoms with Crippen molar-refractivity contribution in [2.75, 3.05) is 6.54 Å². The summed E-state index contributed by atoms with van der Waals surface area (Å²) in [7, 11) is 0. The van der Waals surface area contributed by atoms with Gasteiger partial charge in [0.15, 0.2) is 6.17 Å². The van der Waals surface area contributed by atoms with Crippen LogP contribution in [0.5, 0.6) is 0 Å². The zero-order valence-corrected chi connectivity index (χ0v) is 17.2. The lowest BCUT2D eigenvalue weighted by atomic mass is 10.1. The number of rotatable bonds is 2. The first-order valence-corrected chi connectivity index (χ1v) is 10.2. The number of nitrogens with two attached hydrogens (primary N) is 1. The van der Waals surface area contributed by atoms with Gasteiger partial charge in [0.05, 0.1) is 10.4 Å². The van der Waals surface area contributed by atoms with Crippen LogP contribution in [0.15, 0.2) is 28.1 Å². The van der Waals surface area contributed by atoms with Crippen LogP contribution in [0, 0.1) is 23.5 Å². The lowest BCUT2D eigenvalue weighted by Crippen LogP contribution is -2.35. The van der Waals surface area contributed by atoms with Crippen molar-refractivity contribution >= 4 is 39.1 Å². The van der Waals surface area contributed by atoms with Crippen molar-refractivity contribution in [1.82, 2.24) is 9.96 Å². The number of carbonyl (C=O) groups is 2. The third-order valence-corrected chi connectivity index (χ3v) is 6.43. The smallest absolute Gasteiger partial charge is 0.268 e. The van der Waals surface area contributed by atoms with Crippen molar-refractivity contribution in [2.45, 2.75) is 24.5 Å². The Hall–Kier alpha value is -2.32. The first-order valence-electron chi connectivity index (χ1n) is 8.55. The summed E-state index contributed by atoms with van der Waals surface area (Å²) >= 11 is 4.44. The van der Waals surface area contributed by atoms with E-state index in [1.807, 2.05) is 0 Å². The van der Waals surface area contributed by atoms with Crippen LogP contribution in [-0.2, 0) is 4.79 Å². The molecule has 2 heterocycles. The van der Waals surface area contributed by atoms with Gasteiger partial charge in [0.2, 0.25) is 0 Å². The molecule has 29 heavy (non-hydrogen) atoms. The molecule has 4 rings (SSSR count). The first kappa shape index (κ1) is 20.0. The molecule has 2 amide bonds. The molecule has 1 unspecified atom stereocenters. The summed E-state index contributed by atoms with van der Waals surface area (Å²) in [5.74, 6) is 1.39. The molecule has 1 saturated carbocycles. The first-order chi connectivity index (χ1) is 13.7. The summed E-state index contributed by atoms with van der Waals surface area (Å²) < 4.78 is 29.9. The van der Waals surface area contributed by atoms with E-state index in [9.17, 15) is 23.6 Å². The molecule has 1 atom stereocenters. The van der Waals surface area contributed by atoms with E-state index in [0.29, 0.717) is 14.4 Å². The quantitative estimate of drug-likeness (QED) is 0.509. The summed E-state index contributed by atoms with van der Waals surface area (Å²) in [5, 5.41) is 12.2. The average molecular weight is 482 g/mol. The Balaban J connectivity index is 1.67. The Labute approximate surface area is 177 Å². The minimum absolute atomic E-state index is 0.0632. The van der Waals surface area contributed by atoms with E-state index >= 15 is 0 Å². The molecule has 1 aliphatic heterocycles. The van der Waals surface area contributed by atoms with Gasteiger partial charge in [-0.2, -0.15) is 5.06 Å². The highest BCUT2D eigenvalue weighted by atomic mass is 79.9. The van der Waals surface area contributed by atoms with E-state index in [1.165, 1.54) is 11.3 Å². The predicted octanol–water partition coefficient (Wildman–Crippen LogP) is 3.00. The molecule has 2 aliphatic rings. The molecule has 0 radical (unpaired) electrons. The van der Waals surface area contributed by atoms with E-state index in [4.69, 9.17) is 5.73 Å². The molecule has 0 bridgehead atoms. The summed E-state index contributed by atoms with van der Waals surface area (Å²) in [6.07, 6.45) is 0.279. The fourth-order valence-corrected chi connectivity index (χ4v) is 4.48. The van der Waals surface area contributed by atoms with Crippen LogP contribution in [0.25, 0.3) is 0 Å². The van der Waals surface area contributed by atoms with Crippen LogP contribution < -0.4 is 5.73 Å². The second kappa shape index (κ2) is 7.18. The number of halogens is 3. The van der Waals surface area contributed by atoms with Crippen LogP contribution in [0.2, 0.25) is 0 Å². The second-order valence-corrected chi connectivity index (χ2v) is 8.79. The highest BCUT2D eigenvalue weighted by Crippen LogP contribution is 2.36. The molecular weight excluding hydrogens is 468 g/mol. The number of hydroxylamine groups is 2. The standard InChI is InChI=1S/C19H14BrF2N3O3S/c20-11-7-14(29-9-11)17-24(8-15(26)25(17)28)18(27)16-12(21)5-10(6-13(16)22)1-2-19(23)3-4-19/h5-7,9,17,28H,3-4,8,23H2. The molecule has 150 valence electrons. The zero-order chi connectivity index (χ0) is 20.9. The molecule has 6 nitrogen and oxygen atoms in total. The molecule has 3 N–H and O–H groups in total. The molecule has 0 spiro atoms. The predicted molar refractivity (Wildman–Crippen MR) is 104 cm³/mol. The van der Waals surface area contributed by atoms with Crippen molar-refractivity contribution in [2.24, 2.45) is 5.73 Å². The van der Waals surface area contributed by atoms with Crippen LogP contribution in [-0.4, -0.2) is 39.1 Å². The fraction of sp³-hybridized carbons (Fsp3) is 0.263. The Kier molecular flexibility index (Phi) is 4.94. The maximum atomic E-state index is 14.6. The monoisotopic (exact) mass is 481 g/mol. The largest absolute Gasteiger partial charge is 0.315 e. The summed E-state index contributed by atoms with van der Waals surface area (Å²) in [6.45, 7) is -0.508. The molecule has 1 saturated heterocycles. The SMILES string of the molecule is NC1(C#Cc2cc(F)c(C(=O)N3CC(=O)N(O)C3c3cc(Br)cs3)c(F)c2)CC1. The molecule has 2 aromatic rings. The molecule has 1 aliphatic carbocycles. The van der Waals surface area contributed by atoms with Gasteiger partial charge >= 0.3 is 0 Å². The maximum absolute atomic E-state index is 14.6. The van der Waals surface area contributed by atoms with E-state index in [0.717, 1.165) is 29.9 Å². The van der Waals surface area contributed by atoms with Crippen LogP contribution >= 0.6 is 27.3 Å². The highest BCUT2D eigenvalue weighted by molar-refractivity contribution is 9.10. The fourth-order valence-electron chi connectivity index (χ4n) is 2.94. The maximum Gasteiger partial charge on any atom is 0.268 e. The normalized spacial score (nSPS) is 19.9. The second-order valence-electron chi connectivity index (χ2n) is 6.93. The molecule has 2 fully saturated rings. The molecular formula is C19H14BrF2N3O3S. The van der Waals surface area contributed by atoms with Gasteiger partial charge in [-0.25, -0.2) is 8.78 Å². The Morgan fingerprint density at radius 1 is 1.31 bits per heavy atom. The van der Waals surface area contributed by atoms with Crippen molar-refractivity contribution in [1.29, 1.82) is 0 Å². The molecule has 1 aromatic heterocycles. The van der Waals surface area contributed by atoms with Crippen molar-refractivity contribution in [3.63, 3.8) is 0 Å². The van der Waals surface area contributed by atoms with Gasteiger partial charge in [0.25, 0.3) is 11.8 Å². The highest BCUT2D eigenvalue weighted by Gasteiger charge is 2.43. The number of nitrogens with zero attached hydrogens (tertiary/aromatic N) is 2. The Morgan fingerprint density at radius 3 is 2.52 bits per heavy atom. The lowest BCUT2D eigenvalue weighted by molar-refractivity contribution is -0.168. The summed E-state index contributed by atoms with van der Waals surface area (Å²) in [5.41, 5.74) is 4.49. The van der Waals surface area contributed by atoms with Crippen molar-refractivity contribution in [3.8, 4) is 11.8 Å². The number of amides is 2. The number of carbonyl (C=O) groups excluding carboxylic acids is 2. The number of hydrogen-bond donors (Lipinski definition) is 2. The topological polar surface area (TPSA) is 86.9 Å². The van der Waals surface area contributed by atoms with Crippen molar-refractivity contribution in [3.05, 3.63) is 55.7 Å². The average Bonchev–Trinajstić information content (AvgIpc) is 3.12. The zero-order valence-electron chi connectivity index (χ0n) is 14.8. The minimum Gasteiger partial charge on any atom is -0.315 e. The Morgan fingerprint density at radius 2 is 1.97 bits per heavy atom. The van der Waals surface area contributed by atoms with Crippen LogP contribution in [0.3, 0.4) is 0 Å². The van der Waals surface area contributed by atoms with E-state index < -0.39 is 47.3 Å². The van der Waals surface area contributed by atoms with Crippen molar-refractivity contribution < 1.29 is 23.6 Å². The summed E-state index contributed by atoms with van der Waals surface area (Å²) in [4.78, 5) is 26.3. The third kappa shape index (κ3) is 3.79. The molecule has 1 aromatic carbocycles. The third-order valence-electron chi connectivity index (χ3n) is 4.69.